The van der Waals surface area contributed by atoms with E-state index in [0.29, 0.717) is 35.4 Å². The van der Waals surface area contributed by atoms with Crippen LogP contribution in [0.3, 0.4) is 0 Å². The van der Waals surface area contributed by atoms with Gasteiger partial charge in [0.15, 0.2) is 5.78 Å². The Hall–Kier alpha value is -1.68. The predicted octanol–water partition coefficient (Wildman–Crippen LogP) is 9.84. The number of halogens is 1. The van der Waals surface area contributed by atoms with Crippen LogP contribution >= 0.6 is 15.9 Å². The number of fused-ring (bicyclic) bond motifs is 7. The van der Waals surface area contributed by atoms with Crippen LogP contribution in [0.4, 0.5) is 0 Å². The highest BCUT2D eigenvalue weighted by atomic mass is 79.9. The lowest BCUT2D eigenvalue weighted by atomic mass is 9.32. The third-order valence-corrected chi connectivity index (χ3v) is 15.0. The van der Waals surface area contributed by atoms with Gasteiger partial charge in [0.1, 0.15) is 0 Å². The summed E-state index contributed by atoms with van der Waals surface area (Å²) >= 11 is 3.56. The summed E-state index contributed by atoms with van der Waals surface area (Å²) in [4.78, 5) is 27.6. The topological polar surface area (TPSA) is 43.4 Å². The van der Waals surface area contributed by atoms with Crippen LogP contribution in [-0.4, -0.2) is 18.9 Å². The molecule has 1 aromatic carbocycles. The molecule has 0 aliphatic heterocycles. The van der Waals surface area contributed by atoms with Crippen molar-refractivity contribution in [1.29, 1.82) is 0 Å². The molecule has 0 unspecified atom stereocenters. The molecular weight excluding hydrogens is 584 g/mol. The summed E-state index contributed by atoms with van der Waals surface area (Å²) in [5.41, 5.74) is 2.98. The lowest BCUT2D eigenvalue weighted by Crippen LogP contribution is -2.67. The summed E-state index contributed by atoms with van der Waals surface area (Å²) in [6, 6.07) is 8.35. The van der Waals surface area contributed by atoms with Gasteiger partial charge in [-0.05, 0) is 140 Å². The van der Waals surface area contributed by atoms with Crippen molar-refractivity contribution in [2.75, 3.05) is 7.11 Å². The Kier molecular flexibility index (Phi) is 7.16. The fourth-order valence-electron chi connectivity index (χ4n) is 12.4. The zero-order valence-electron chi connectivity index (χ0n) is 26.9. The average Bonchev–Trinajstić information content (AvgIpc) is 3.34. The number of rotatable bonds is 3. The second-order valence-corrected chi connectivity index (χ2v) is 17.2. The monoisotopic (exact) mass is 634 g/mol. The van der Waals surface area contributed by atoms with Crippen molar-refractivity contribution in [2.24, 2.45) is 56.7 Å². The molecule has 6 rings (SSSR count). The molecule has 5 saturated carbocycles. The predicted molar refractivity (Wildman–Crippen MR) is 173 cm³/mol. The largest absolute Gasteiger partial charge is 0.469 e. The van der Waals surface area contributed by atoms with Crippen molar-refractivity contribution in [3.63, 3.8) is 0 Å². The van der Waals surface area contributed by atoms with Crippen LogP contribution in [0.5, 0.6) is 0 Å². The molecule has 0 bridgehead atoms. The maximum Gasteiger partial charge on any atom is 0.312 e. The molecule has 228 valence electrons. The van der Waals surface area contributed by atoms with E-state index in [1.807, 2.05) is 0 Å². The molecule has 5 fully saturated rings. The van der Waals surface area contributed by atoms with E-state index in [2.05, 4.69) is 94.4 Å². The fraction of sp³-hybridized carbons (Fsp3) is 0.684. The van der Waals surface area contributed by atoms with Gasteiger partial charge in [0.25, 0.3) is 0 Å². The van der Waals surface area contributed by atoms with Crippen molar-refractivity contribution in [2.45, 2.75) is 99.3 Å². The first-order chi connectivity index (χ1) is 19.7. The second kappa shape index (κ2) is 9.91. The van der Waals surface area contributed by atoms with Gasteiger partial charge in [-0.15, -0.1) is 0 Å². The van der Waals surface area contributed by atoms with Crippen LogP contribution < -0.4 is 0 Å². The Morgan fingerprint density at radius 2 is 1.62 bits per heavy atom. The fourth-order valence-corrected chi connectivity index (χ4v) is 12.7. The summed E-state index contributed by atoms with van der Waals surface area (Å²) in [5.74, 6) is 2.50. The maximum absolute atomic E-state index is 14.1. The molecule has 3 nitrogen and oxygen atoms in total. The molecule has 0 saturated heterocycles. The number of ether oxygens (including phenoxy) is 1. The summed E-state index contributed by atoms with van der Waals surface area (Å²) in [5, 5.41) is 0. The van der Waals surface area contributed by atoms with E-state index in [9.17, 15) is 9.59 Å². The highest BCUT2D eigenvalue weighted by molar-refractivity contribution is 9.10. The van der Waals surface area contributed by atoms with E-state index < -0.39 is 0 Å². The van der Waals surface area contributed by atoms with Gasteiger partial charge in [0.05, 0.1) is 12.5 Å². The lowest BCUT2D eigenvalue weighted by Gasteiger charge is -2.72. The lowest BCUT2D eigenvalue weighted by molar-refractivity contribution is -0.232. The SMILES string of the molecule is C=C(C)[C@H]1CC[C@]2(C(=O)OC)CC[C@]3(C)[C@@H](CC[C@H]4[C@@]5(C)C/C(=C\c6ccc(Br)cc6)C(=O)C(C)(C)[C@@H]5CC[C@@]43C)[C@H]12. The number of benzene rings is 1. The van der Waals surface area contributed by atoms with Crippen molar-refractivity contribution in [3.8, 4) is 0 Å². The van der Waals surface area contributed by atoms with Crippen LogP contribution in [0.25, 0.3) is 6.08 Å². The van der Waals surface area contributed by atoms with E-state index in [1.165, 1.54) is 18.4 Å². The number of Topliss-reactive ketones (excluding diaryl/α,β-unsaturated/α-hetero) is 1. The number of carbonyl (C=O) groups excluding carboxylic acids is 2. The Balaban J connectivity index is 1.41. The third kappa shape index (κ3) is 3.94. The Bertz CT molecular complexity index is 1340. The van der Waals surface area contributed by atoms with Gasteiger partial charge in [0, 0.05) is 9.89 Å². The molecule has 0 amide bonds. The zero-order valence-corrected chi connectivity index (χ0v) is 28.5. The van der Waals surface area contributed by atoms with Crippen molar-refractivity contribution >= 4 is 33.8 Å². The summed E-state index contributed by atoms with van der Waals surface area (Å²) < 4.78 is 6.60. The molecule has 0 aromatic heterocycles. The number of carbonyl (C=O) groups is 2. The Morgan fingerprint density at radius 3 is 2.26 bits per heavy atom. The summed E-state index contributed by atoms with van der Waals surface area (Å²) in [6.07, 6.45) is 11.7. The first kappa shape index (κ1) is 30.4. The number of allylic oxidation sites excluding steroid dienone is 2. The van der Waals surface area contributed by atoms with Crippen LogP contribution in [0.2, 0.25) is 0 Å². The number of hydrogen-bond acceptors (Lipinski definition) is 3. The van der Waals surface area contributed by atoms with Crippen LogP contribution in [0.1, 0.15) is 105 Å². The molecule has 5 aliphatic rings. The number of methoxy groups -OCH3 is 1. The van der Waals surface area contributed by atoms with Crippen molar-refractivity contribution in [3.05, 3.63) is 52.0 Å². The molecule has 4 heteroatoms. The minimum absolute atomic E-state index is 0.0245. The molecule has 0 spiro atoms. The van der Waals surface area contributed by atoms with Gasteiger partial charge in [-0.25, -0.2) is 0 Å². The summed E-state index contributed by atoms with van der Waals surface area (Å²) in [7, 11) is 1.59. The minimum Gasteiger partial charge on any atom is -0.469 e. The molecule has 0 radical (unpaired) electrons. The number of hydrogen-bond donors (Lipinski definition) is 0. The number of ketones is 1. The second-order valence-electron chi connectivity index (χ2n) is 16.3. The average molecular weight is 636 g/mol. The standard InChI is InChI=1S/C38H51BrO3/c1-23(2)27-15-18-38(33(41)42-8)20-19-36(6)28(31(27)38)13-14-30-35(5)22-25(21-24-9-11-26(39)12-10-24)32(40)34(3,4)29(35)16-17-37(30,36)7/h9-12,21,27-31H,1,13-20,22H2,2-8H3/b25-21+/t27-,28+,29+,30+,31+,35+,36-,37+,38+/m1/s1. The van der Waals surface area contributed by atoms with Crippen LogP contribution in [0, 0.1) is 56.7 Å². The highest BCUT2D eigenvalue weighted by Gasteiger charge is 2.72. The summed E-state index contributed by atoms with van der Waals surface area (Å²) in [6.45, 7) is 18.8. The Morgan fingerprint density at radius 1 is 0.929 bits per heavy atom. The molecule has 5 aliphatic carbocycles. The quantitative estimate of drug-likeness (QED) is 0.189. The molecule has 0 heterocycles. The van der Waals surface area contributed by atoms with Crippen molar-refractivity contribution in [1.82, 2.24) is 0 Å². The minimum atomic E-state index is -0.379. The normalized spacial score (nSPS) is 44.9. The van der Waals surface area contributed by atoms with Gasteiger partial charge >= 0.3 is 5.97 Å². The first-order valence-electron chi connectivity index (χ1n) is 16.4. The van der Waals surface area contributed by atoms with E-state index in [4.69, 9.17) is 4.74 Å². The van der Waals surface area contributed by atoms with Gasteiger partial charge < -0.3 is 4.74 Å². The third-order valence-electron chi connectivity index (χ3n) is 14.5. The molecule has 9 atom stereocenters. The van der Waals surface area contributed by atoms with Crippen LogP contribution in [-0.2, 0) is 14.3 Å². The molecule has 1 aromatic rings. The van der Waals surface area contributed by atoms with E-state index in [1.54, 1.807) is 7.11 Å². The molecule has 42 heavy (non-hydrogen) atoms. The molecule has 0 N–H and O–H groups in total. The van der Waals surface area contributed by atoms with Gasteiger partial charge in [-0.2, -0.15) is 0 Å². The highest BCUT2D eigenvalue weighted by Crippen LogP contribution is 2.77. The van der Waals surface area contributed by atoms with Gasteiger partial charge in [-0.1, -0.05) is 74.8 Å². The first-order valence-corrected chi connectivity index (χ1v) is 17.2. The van der Waals surface area contributed by atoms with Gasteiger partial charge in [-0.3, -0.25) is 9.59 Å². The van der Waals surface area contributed by atoms with E-state index in [-0.39, 0.29) is 33.0 Å². The van der Waals surface area contributed by atoms with Crippen molar-refractivity contribution < 1.29 is 14.3 Å². The zero-order chi connectivity index (χ0) is 30.5. The van der Waals surface area contributed by atoms with E-state index in [0.717, 1.165) is 60.6 Å². The number of esters is 1. The van der Waals surface area contributed by atoms with Crippen LogP contribution in [0.15, 0.2) is 46.5 Å². The van der Waals surface area contributed by atoms with Gasteiger partial charge in [0.2, 0.25) is 0 Å². The molecular formula is C38H51BrO3. The van der Waals surface area contributed by atoms with E-state index >= 15 is 0 Å². The smallest absolute Gasteiger partial charge is 0.312 e. The Labute approximate surface area is 262 Å². The maximum atomic E-state index is 14.1.